The molecule has 0 heterocycles. The van der Waals surface area contributed by atoms with Crippen LogP contribution in [0.4, 0.5) is 0 Å². The average molecular weight is 308 g/mol. The summed E-state index contributed by atoms with van der Waals surface area (Å²) >= 11 is 6.20. The number of rotatable bonds is 3. The van der Waals surface area contributed by atoms with E-state index < -0.39 is 0 Å². The van der Waals surface area contributed by atoms with Gasteiger partial charge >= 0.3 is 0 Å². The Balaban J connectivity index is 2.29. The number of halogens is 1. The van der Waals surface area contributed by atoms with Crippen LogP contribution in [-0.2, 0) is 5.41 Å². The summed E-state index contributed by atoms with van der Waals surface area (Å²) in [5.74, 6) is 1.02. The summed E-state index contributed by atoms with van der Waals surface area (Å²) in [6, 6.07) is 8.33. The van der Waals surface area contributed by atoms with Crippen molar-refractivity contribution in [1.82, 2.24) is 9.80 Å². The molecule has 0 saturated heterocycles. The van der Waals surface area contributed by atoms with Crippen LogP contribution in [0.15, 0.2) is 29.3 Å². The highest BCUT2D eigenvalue weighted by atomic mass is 35.5. The summed E-state index contributed by atoms with van der Waals surface area (Å²) in [7, 11) is 8.16. The third-order valence-electron chi connectivity index (χ3n) is 4.32. The lowest BCUT2D eigenvalue weighted by atomic mass is 9.79. The van der Waals surface area contributed by atoms with Gasteiger partial charge in [-0.15, -0.1) is 0 Å². The van der Waals surface area contributed by atoms with Gasteiger partial charge in [-0.3, -0.25) is 4.99 Å². The predicted molar refractivity (Wildman–Crippen MR) is 91.3 cm³/mol. The molecule has 0 bridgehead atoms. The lowest BCUT2D eigenvalue weighted by molar-refractivity contribution is 0.432. The van der Waals surface area contributed by atoms with Crippen molar-refractivity contribution in [3.63, 3.8) is 0 Å². The molecule has 0 unspecified atom stereocenters. The van der Waals surface area contributed by atoms with Crippen LogP contribution >= 0.6 is 11.6 Å². The molecule has 1 saturated carbocycles. The van der Waals surface area contributed by atoms with E-state index in [-0.39, 0.29) is 5.41 Å². The first-order valence-corrected chi connectivity index (χ1v) is 7.97. The molecular weight excluding hydrogens is 282 g/mol. The van der Waals surface area contributed by atoms with Crippen LogP contribution in [0, 0.1) is 0 Å². The Morgan fingerprint density at radius 3 is 2.29 bits per heavy atom. The van der Waals surface area contributed by atoms with Crippen molar-refractivity contribution in [2.45, 2.75) is 31.1 Å². The second kappa shape index (κ2) is 6.69. The third kappa shape index (κ3) is 3.70. The zero-order valence-corrected chi connectivity index (χ0v) is 14.3. The maximum absolute atomic E-state index is 6.20. The number of nitrogens with zero attached hydrogens (tertiary/aromatic N) is 3. The summed E-state index contributed by atoms with van der Waals surface area (Å²) in [6.07, 6.45) is 4.96. The van der Waals surface area contributed by atoms with Gasteiger partial charge in [0.2, 0.25) is 0 Å². The molecule has 3 nitrogen and oxygen atoms in total. The molecule has 2 rings (SSSR count). The molecule has 0 aliphatic heterocycles. The lowest BCUT2D eigenvalue weighted by Gasteiger charge is -2.30. The van der Waals surface area contributed by atoms with E-state index in [1.165, 1.54) is 31.2 Å². The number of benzene rings is 1. The highest BCUT2D eigenvalue weighted by molar-refractivity contribution is 6.30. The Hall–Kier alpha value is -1.22. The molecule has 1 aromatic carbocycles. The molecule has 0 radical (unpaired) electrons. The van der Waals surface area contributed by atoms with Crippen LogP contribution in [0.1, 0.15) is 31.2 Å². The average Bonchev–Trinajstić information content (AvgIpc) is 2.88. The highest BCUT2D eigenvalue weighted by Crippen LogP contribution is 2.42. The Kier molecular flexibility index (Phi) is 5.15. The summed E-state index contributed by atoms with van der Waals surface area (Å²) in [5, 5.41) is 0.822. The van der Waals surface area contributed by atoms with Crippen molar-refractivity contribution in [2.24, 2.45) is 4.99 Å². The third-order valence-corrected chi connectivity index (χ3v) is 4.56. The van der Waals surface area contributed by atoms with Crippen molar-refractivity contribution in [2.75, 3.05) is 34.7 Å². The molecule has 0 spiro atoms. The minimum Gasteiger partial charge on any atom is -0.349 e. The zero-order chi connectivity index (χ0) is 15.5. The minimum absolute atomic E-state index is 0.155. The van der Waals surface area contributed by atoms with Gasteiger partial charge in [0.15, 0.2) is 5.96 Å². The fourth-order valence-corrected chi connectivity index (χ4v) is 3.50. The SMILES string of the molecule is CN(C)C(=NCC1(c2cccc(Cl)c2)CCCC1)N(C)C. The van der Waals surface area contributed by atoms with Gasteiger partial charge in [0.25, 0.3) is 0 Å². The van der Waals surface area contributed by atoms with Crippen LogP contribution in [0.5, 0.6) is 0 Å². The van der Waals surface area contributed by atoms with Gasteiger partial charge in [0.05, 0.1) is 6.54 Å². The van der Waals surface area contributed by atoms with Crippen molar-refractivity contribution < 1.29 is 0 Å². The predicted octanol–water partition coefficient (Wildman–Crippen LogP) is 3.63. The molecule has 0 atom stereocenters. The quantitative estimate of drug-likeness (QED) is 0.627. The second-order valence-corrected chi connectivity index (χ2v) is 6.84. The smallest absolute Gasteiger partial charge is 0.195 e. The van der Waals surface area contributed by atoms with Gasteiger partial charge < -0.3 is 9.80 Å². The Morgan fingerprint density at radius 1 is 1.14 bits per heavy atom. The first-order valence-electron chi connectivity index (χ1n) is 7.60. The Morgan fingerprint density at radius 2 is 1.76 bits per heavy atom. The molecule has 0 aromatic heterocycles. The molecule has 1 aliphatic rings. The summed E-state index contributed by atoms with van der Waals surface area (Å²) in [6.45, 7) is 0.832. The van der Waals surface area contributed by atoms with Gasteiger partial charge in [-0.2, -0.15) is 0 Å². The van der Waals surface area contributed by atoms with Crippen molar-refractivity contribution in [3.05, 3.63) is 34.9 Å². The minimum atomic E-state index is 0.155. The molecule has 0 N–H and O–H groups in total. The molecule has 116 valence electrons. The van der Waals surface area contributed by atoms with Crippen LogP contribution in [0.3, 0.4) is 0 Å². The van der Waals surface area contributed by atoms with Crippen LogP contribution in [-0.4, -0.2) is 50.5 Å². The molecule has 1 aromatic rings. The van der Waals surface area contributed by atoms with Gasteiger partial charge in [-0.1, -0.05) is 36.6 Å². The summed E-state index contributed by atoms with van der Waals surface area (Å²) in [5.41, 5.74) is 1.50. The van der Waals surface area contributed by atoms with E-state index in [1.807, 2.05) is 34.3 Å². The van der Waals surface area contributed by atoms with E-state index >= 15 is 0 Å². The fraction of sp³-hybridized carbons (Fsp3) is 0.588. The zero-order valence-electron chi connectivity index (χ0n) is 13.6. The van der Waals surface area contributed by atoms with E-state index in [0.29, 0.717) is 0 Å². The standard InChI is InChI=1S/C17H26ClN3/c1-20(2)16(21(3)4)19-13-17(10-5-6-11-17)14-8-7-9-15(18)12-14/h7-9,12H,5-6,10-11,13H2,1-4H3. The topological polar surface area (TPSA) is 18.8 Å². The summed E-state index contributed by atoms with van der Waals surface area (Å²) < 4.78 is 0. The first kappa shape index (κ1) is 16.2. The number of hydrogen-bond acceptors (Lipinski definition) is 1. The van der Waals surface area contributed by atoms with E-state index in [2.05, 4.69) is 28.0 Å². The first-order chi connectivity index (χ1) is 9.94. The molecule has 4 heteroatoms. The molecule has 0 amide bonds. The van der Waals surface area contributed by atoms with Gasteiger partial charge in [0, 0.05) is 38.6 Å². The van der Waals surface area contributed by atoms with Crippen LogP contribution in [0.25, 0.3) is 0 Å². The van der Waals surface area contributed by atoms with Crippen molar-refractivity contribution >= 4 is 17.6 Å². The number of hydrogen-bond donors (Lipinski definition) is 0. The Labute approximate surface area is 133 Å². The number of aliphatic imine (C=N–C) groups is 1. The van der Waals surface area contributed by atoms with E-state index in [9.17, 15) is 0 Å². The monoisotopic (exact) mass is 307 g/mol. The van der Waals surface area contributed by atoms with Gasteiger partial charge in [-0.25, -0.2) is 0 Å². The van der Waals surface area contributed by atoms with E-state index in [0.717, 1.165) is 17.5 Å². The van der Waals surface area contributed by atoms with Crippen molar-refractivity contribution in [1.29, 1.82) is 0 Å². The van der Waals surface area contributed by atoms with E-state index in [4.69, 9.17) is 16.6 Å². The largest absolute Gasteiger partial charge is 0.349 e. The maximum atomic E-state index is 6.20. The molecule has 21 heavy (non-hydrogen) atoms. The molecule has 1 fully saturated rings. The van der Waals surface area contributed by atoms with Crippen LogP contribution < -0.4 is 0 Å². The lowest BCUT2D eigenvalue weighted by Crippen LogP contribution is -2.37. The van der Waals surface area contributed by atoms with Gasteiger partial charge in [-0.05, 0) is 30.5 Å². The van der Waals surface area contributed by atoms with E-state index in [1.54, 1.807) is 0 Å². The second-order valence-electron chi connectivity index (χ2n) is 6.40. The normalized spacial score (nSPS) is 16.6. The Bertz CT molecular complexity index is 493. The molecular formula is C17H26ClN3. The number of guanidine groups is 1. The summed E-state index contributed by atoms with van der Waals surface area (Å²) in [4.78, 5) is 9.05. The van der Waals surface area contributed by atoms with Crippen LogP contribution in [0.2, 0.25) is 5.02 Å². The fourth-order valence-electron chi connectivity index (χ4n) is 3.31. The highest BCUT2D eigenvalue weighted by Gasteiger charge is 2.35. The molecule has 1 aliphatic carbocycles. The van der Waals surface area contributed by atoms with Gasteiger partial charge in [0.1, 0.15) is 0 Å². The van der Waals surface area contributed by atoms with Crippen molar-refractivity contribution in [3.8, 4) is 0 Å². The maximum Gasteiger partial charge on any atom is 0.195 e.